The molecule has 7 heteroatoms. The van der Waals surface area contributed by atoms with Crippen LogP contribution in [0.5, 0.6) is 0 Å². The van der Waals surface area contributed by atoms with Gasteiger partial charge in [-0.2, -0.15) is 4.31 Å². The zero-order chi connectivity index (χ0) is 14.8. The van der Waals surface area contributed by atoms with Crippen LogP contribution in [0.3, 0.4) is 0 Å². The Morgan fingerprint density at radius 2 is 2.00 bits per heavy atom. The zero-order valence-electron chi connectivity index (χ0n) is 11.5. The summed E-state index contributed by atoms with van der Waals surface area (Å²) < 4.78 is 40.1. The summed E-state index contributed by atoms with van der Waals surface area (Å²) in [4.78, 5) is 2.08. The van der Waals surface area contributed by atoms with Crippen LogP contribution in [-0.2, 0) is 16.6 Å². The summed E-state index contributed by atoms with van der Waals surface area (Å²) in [6, 6.07) is 3.73. The fourth-order valence-electron chi connectivity index (χ4n) is 2.34. The lowest BCUT2D eigenvalue weighted by Crippen LogP contribution is -2.35. The van der Waals surface area contributed by atoms with Crippen molar-refractivity contribution in [3.05, 3.63) is 29.6 Å². The Labute approximate surface area is 119 Å². The van der Waals surface area contributed by atoms with Crippen molar-refractivity contribution < 1.29 is 12.8 Å². The van der Waals surface area contributed by atoms with Crippen molar-refractivity contribution in [3.63, 3.8) is 0 Å². The number of hydrogen-bond donors (Lipinski definition) is 1. The van der Waals surface area contributed by atoms with E-state index in [1.807, 2.05) is 7.05 Å². The molecule has 1 fully saturated rings. The first-order chi connectivity index (χ1) is 9.45. The first-order valence-corrected chi connectivity index (χ1v) is 8.06. The highest BCUT2D eigenvalue weighted by molar-refractivity contribution is 7.89. The van der Waals surface area contributed by atoms with E-state index < -0.39 is 15.8 Å². The largest absolute Gasteiger partial charge is 0.326 e. The van der Waals surface area contributed by atoms with E-state index in [2.05, 4.69) is 4.90 Å². The average molecular weight is 301 g/mol. The highest BCUT2D eigenvalue weighted by Gasteiger charge is 2.28. The maximum absolute atomic E-state index is 13.4. The van der Waals surface area contributed by atoms with E-state index in [1.54, 1.807) is 0 Å². The molecule has 1 aromatic carbocycles. The van der Waals surface area contributed by atoms with Gasteiger partial charge in [0.15, 0.2) is 0 Å². The monoisotopic (exact) mass is 301 g/mol. The lowest BCUT2D eigenvalue weighted by Gasteiger charge is -2.21. The number of sulfonamides is 1. The molecular formula is C13H20FN3O2S. The van der Waals surface area contributed by atoms with E-state index in [4.69, 9.17) is 5.73 Å². The predicted molar refractivity (Wildman–Crippen MR) is 75.2 cm³/mol. The molecule has 2 N–H and O–H groups in total. The molecule has 0 aromatic heterocycles. The lowest BCUT2D eigenvalue weighted by molar-refractivity contribution is 0.347. The molecule has 0 radical (unpaired) electrons. The molecule has 0 bridgehead atoms. The minimum Gasteiger partial charge on any atom is -0.326 e. The van der Waals surface area contributed by atoms with Crippen molar-refractivity contribution in [2.75, 3.05) is 33.2 Å². The summed E-state index contributed by atoms with van der Waals surface area (Å²) in [7, 11) is -1.73. The maximum Gasteiger partial charge on any atom is 0.243 e. The van der Waals surface area contributed by atoms with Gasteiger partial charge in [-0.3, -0.25) is 0 Å². The van der Waals surface area contributed by atoms with Gasteiger partial charge in [0.2, 0.25) is 10.0 Å². The van der Waals surface area contributed by atoms with Crippen LogP contribution in [0.15, 0.2) is 23.1 Å². The van der Waals surface area contributed by atoms with Gasteiger partial charge in [0.05, 0.1) is 4.90 Å². The van der Waals surface area contributed by atoms with Gasteiger partial charge in [-0.15, -0.1) is 0 Å². The number of hydrogen-bond acceptors (Lipinski definition) is 4. The van der Waals surface area contributed by atoms with Crippen molar-refractivity contribution >= 4 is 10.0 Å². The quantitative estimate of drug-likeness (QED) is 0.888. The molecule has 0 saturated carbocycles. The van der Waals surface area contributed by atoms with Crippen LogP contribution >= 0.6 is 0 Å². The van der Waals surface area contributed by atoms with Crippen molar-refractivity contribution in [1.29, 1.82) is 0 Å². The summed E-state index contributed by atoms with van der Waals surface area (Å²) in [6.45, 7) is 2.47. The van der Waals surface area contributed by atoms with Gasteiger partial charge in [0, 0.05) is 26.2 Å². The Kier molecular flexibility index (Phi) is 4.74. The van der Waals surface area contributed by atoms with Crippen LogP contribution in [0.1, 0.15) is 12.0 Å². The molecular weight excluding hydrogens is 281 g/mol. The van der Waals surface area contributed by atoms with Gasteiger partial charge >= 0.3 is 0 Å². The van der Waals surface area contributed by atoms with Crippen molar-refractivity contribution in [3.8, 4) is 0 Å². The van der Waals surface area contributed by atoms with Crippen LogP contribution in [-0.4, -0.2) is 50.8 Å². The molecule has 1 aliphatic heterocycles. The van der Waals surface area contributed by atoms with Gasteiger partial charge in [0.25, 0.3) is 0 Å². The van der Waals surface area contributed by atoms with E-state index in [1.165, 1.54) is 16.4 Å². The van der Waals surface area contributed by atoms with Gasteiger partial charge < -0.3 is 10.6 Å². The van der Waals surface area contributed by atoms with Crippen LogP contribution in [0.2, 0.25) is 0 Å². The molecule has 0 spiro atoms. The SMILES string of the molecule is CN1CCCN(S(=O)(=O)c2cc(F)ccc2CN)CC1. The van der Waals surface area contributed by atoms with E-state index in [9.17, 15) is 12.8 Å². The van der Waals surface area contributed by atoms with Gasteiger partial charge in [-0.1, -0.05) is 6.07 Å². The molecule has 5 nitrogen and oxygen atoms in total. The Bertz CT molecular complexity index is 577. The summed E-state index contributed by atoms with van der Waals surface area (Å²) in [5.74, 6) is -0.562. The summed E-state index contributed by atoms with van der Waals surface area (Å²) in [6.07, 6.45) is 0.767. The normalized spacial score (nSPS) is 18.9. The molecule has 20 heavy (non-hydrogen) atoms. The molecule has 2 rings (SSSR count). The minimum atomic E-state index is -3.69. The summed E-state index contributed by atoms with van der Waals surface area (Å²) in [5, 5.41) is 0. The molecule has 1 saturated heterocycles. The average Bonchev–Trinajstić information content (AvgIpc) is 2.64. The third-order valence-electron chi connectivity index (χ3n) is 3.55. The third kappa shape index (κ3) is 3.17. The van der Waals surface area contributed by atoms with Crippen LogP contribution < -0.4 is 5.73 Å². The fourth-order valence-corrected chi connectivity index (χ4v) is 4.05. The molecule has 1 heterocycles. The molecule has 0 atom stereocenters. The van der Waals surface area contributed by atoms with Crippen LogP contribution in [0.4, 0.5) is 4.39 Å². The highest BCUT2D eigenvalue weighted by atomic mass is 32.2. The number of rotatable bonds is 3. The van der Waals surface area contributed by atoms with E-state index >= 15 is 0 Å². The summed E-state index contributed by atoms with van der Waals surface area (Å²) in [5.41, 5.74) is 6.01. The van der Waals surface area contributed by atoms with Crippen molar-refractivity contribution in [2.45, 2.75) is 17.9 Å². The molecule has 0 amide bonds. The smallest absolute Gasteiger partial charge is 0.243 e. The Hall–Kier alpha value is -1.02. The van der Waals surface area contributed by atoms with E-state index in [0.29, 0.717) is 25.2 Å². The third-order valence-corrected chi connectivity index (χ3v) is 5.53. The highest BCUT2D eigenvalue weighted by Crippen LogP contribution is 2.22. The number of benzene rings is 1. The lowest BCUT2D eigenvalue weighted by atomic mass is 10.2. The fraction of sp³-hybridized carbons (Fsp3) is 0.538. The molecule has 0 aliphatic carbocycles. The number of likely N-dealkylation sites (N-methyl/N-ethyl adjacent to an activating group) is 1. The minimum absolute atomic E-state index is 0.00967. The second-order valence-electron chi connectivity index (χ2n) is 5.02. The van der Waals surface area contributed by atoms with Gasteiger partial charge in [-0.25, -0.2) is 12.8 Å². The van der Waals surface area contributed by atoms with Crippen molar-refractivity contribution in [2.24, 2.45) is 5.73 Å². The number of nitrogens with two attached hydrogens (primary N) is 1. The van der Waals surface area contributed by atoms with E-state index in [-0.39, 0.29) is 11.4 Å². The number of nitrogens with zero attached hydrogens (tertiary/aromatic N) is 2. The number of halogens is 1. The van der Waals surface area contributed by atoms with Gasteiger partial charge in [-0.05, 0) is 37.7 Å². The molecule has 0 unspecified atom stereocenters. The Morgan fingerprint density at radius 1 is 1.25 bits per heavy atom. The van der Waals surface area contributed by atoms with Gasteiger partial charge in [0.1, 0.15) is 5.82 Å². The first-order valence-electron chi connectivity index (χ1n) is 6.62. The second kappa shape index (κ2) is 6.17. The molecule has 112 valence electrons. The Balaban J connectivity index is 2.36. The predicted octanol–water partition coefficient (Wildman–Crippen LogP) is 0.611. The maximum atomic E-state index is 13.4. The molecule has 1 aromatic rings. The first kappa shape index (κ1) is 15.4. The van der Waals surface area contributed by atoms with Crippen molar-refractivity contribution in [1.82, 2.24) is 9.21 Å². The van der Waals surface area contributed by atoms with Crippen LogP contribution in [0.25, 0.3) is 0 Å². The van der Waals surface area contributed by atoms with Crippen LogP contribution in [0, 0.1) is 5.82 Å². The summed E-state index contributed by atoms with van der Waals surface area (Å²) >= 11 is 0. The zero-order valence-corrected chi connectivity index (χ0v) is 12.4. The second-order valence-corrected chi connectivity index (χ2v) is 6.92. The topological polar surface area (TPSA) is 66.6 Å². The molecule has 1 aliphatic rings. The Morgan fingerprint density at radius 3 is 2.70 bits per heavy atom. The standard InChI is InChI=1S/C13H20FN3O2S/c1-16-5-2-6-17(8-7-16)20(18,19)13-9-12(14)4-3-11(13)10-15/h3-4,9H,2,5-8,10,15H2,1H3. The van der Waals surface area contributed by atoms with E-state index in [0.717, 1.165) is 19.0 Å².